The molecule has 0 atom stereocenters. The molecule has 0 heterocycles. The lowest BCUT2D eigenvalue weighted by Crippen LogP contribution is -1.96. The summed E-state index contributed by atoms with van der Waals surface area (Å²) in [5.74, 6) is 0.852. The van der Waals surface area contributed by atoms with Crippen LogP contribution in [0.25, 0.3) is 0 Å². The van der Waals surface area contributed by atoms with Crippen molar-refractivity contribution >= 4 is 5.78 Å². The molecule has 0 saturated heterocycles. The molecule has 0 aromatic rings. The average molecular weight is 226 g/mol. The quantitative estimate of drug-likeness (QED) is 0.382. The highest BCUT2D eigenvalue weighted by atomic mass is 16.5. The molecular formula is C15H14O2. The van der Waals surface area contributed by atoms with Crippen molar-refractivity contribution in [3.63, 3.8) is 0 Å². The molecule has 17 heavy (non-hydrogen) atoms. The minimum Gasteiger partial charge on any atom is -0.410 e. The maximum atomic E-state index is 5.11. The second-order valence-corrected chi connectivity index (χ2v) is 3.58. The molecule has 2 aliphatic carbocycles. The van der Waals surface area contributed by atoms with Gasteiger partial charge in [-0.2, -0.15) is 12.2 Å². The molecule has 0 aromatic heterocycles. The molecule has 0 amide bonds. The van der Waals surface area contributed by atoms with E-state index in [2.05, 4.69) is 5.73 Å². The van der Waals surface area contributed by atoms with Crippen molar-refractivity contribution in [3.05, 3.63) is 71.6 Å². The number of ether oxygens (including phenoxy) is 1. The van der Waals surface area contributed by atoms with Crippen LogP contribution in [0.1, 0.15) is 0 Å². The van der Waals surface area contributed by atoms with Crippen LogP contribution in [0.3, 0.4) is 0 Å². The van der Waals surface area contributed by atoms with E-state index in [1.54, 1.807) is 14.2 Å². The van der Waals surface area contributed by atoms with Crippen LogP contribution in [0.15, 0.2) is 65.5 Å². The average Bonchev–Trinajstić information content (AvgIpc) is 2.40. The Morgan fingerprint density at radius 2 is 1.59 bits per heavy atom. The van der Waals surface area contributed by atoms with E-state index in [0.29, 0.717) is 0 Å². The van der Waals surface area contributed by atoms with Gasteiger partial charge in [0.25, 0.3) is 7.11 Å². The lowest BCUT2D eigenvalue weighted by molar-refractivity contribution is -0.417. The standard InChI is InChI=1S/C15H14O2/c1-16-14-7-3-12(4-8-14)11-13-5-9-15(17-2)10-6-13/h3-10H,1-2H3. The van der Waals surface area contributed by atoms with E-state index < -0.39 is 0 Å². The summed E-state index contributed by atoms with van der Waals surface area (Å²) in [4.78, 5) is 0. The summed E-state index contributed by atoms with van der Waals surface area (Å²) in [6, 6.07) is 0. The molecule has 0 spiro atoms. The molecule has 0 saturated carbocycles. The fourth-order valence-electron chi connectivity index (χ4n) is 1.52. The zero-order chi connectivity index (χ0) is 12.1. The predicted molar refractivity (Wildman–Crippen MR) is 68.3 cm³/mol. The van der Waals surface area contributed by atoms with Gasteiger partial charge in [-0.3, -0.25) is 4.42 Å². The lowest BCUT2D eigenvalue weighted by atomic mass is 10.1. The highest BCUT2D eigenvalue weighted by Gasteiger charge is 2.04. The first-order valence-corrected chi connectivity index (χ1v) is 5.37. The van der Waals surface area contributed by atoms with Gasteiger partial charge >= 0.3 is 5.78 Å². The predicted octanol–water partition coefficient (Wildman–Crippen LogP) is 2.60. The van der Waals surface area contributed by atoms with Gasteiger partial charge in [-0.1, -0.05) is 5.57 Å². The van der Waals surface area contributed by atoms with Crippen molar-refractivity contribution in [2.45, 2.75) is 0 Å². The Morgan fingerprint density at radius 3 is 2.12 bits per heavy atom. The van der Waals surface area contributed by atoms with E-state index in [0.717, 1.165) is 23.0 Å². The van der Waals surface area contributed by atoms with E-state index in [1.807, 2.05) is 48.6 Å². The van der Waals surface area contributed by atoms with E-state index in [1.165, 1.54) is 0 Å². The fraction of sp³-hybridized carbons (Fsp3) is 0.133. The lowest BCUT2D eigenvalue weighted by Gasteiger charge is -2.17. The van der Waals surface area contributed by atoms with Crippen LogP contribution in [0, 0.1) is 6.10 Å². The van der Waals surface area contributed by atoms with E-state index in [4.69, 9.17) is 9.16 Å². The van der Waals surface area contributed by atoms with Crippen LogP contribution in [-0.2, 0) is 9.16 Å². The Bertz CT molecular complexity index is 473. The monoisotopic (exact) mass is 226 g/mol. The smallest absolute Gasteiger partial charge is 0.343 e. The van der Waals surface area contributed by atoms with Crippen LogP contribution in [0.5, 0.6) is 0 Å². The van der Waals surface area contributed by atoms with Gasteiger partial charge in [0.15, 0.2) is 0 Å². The molecule has 0 N–H and O–H groups in total. The largest absolute Gasteiger partial charge is 0.410 e. The molecule has 0 aromatic carbocycles. The van der Waals surface area contributed by atoms with Gasteiger partial charge in [0.05, 0.1) is 0 Å². The van der Waals surface area contributed by atoms with Gasteiger partial charge in [-0.05, 0) is 18.3 Å². The number of hydrogen-bond donors (Lipinski definition) is 0. The molecule has 86 valence electrons. The molecule has 2 rings (SSSR count). The summed E-state index contributed by atoms with van der Waals surface area (Å²) in [7, 11) is 3.32. The zero-order valence-corrected chi connectivity index (χ0v) is 9.94. The van der Waals surface area contributed by atoms with Crippen LogP contribution in [0.2, 0.25) is 0 Å². The maximum absolute atomic E-state index is 5.11. The molecular weight excluding hydrogens is 212 g/mol. The Kier molecular flexibility index (Phi) is 3.61. The highest BCUT2D eigenvalue weighted by Crippen LogP contribution is 2.16. The molecule has 2 nitrogen and oxygen atoms in total. The highest BCUT2D eigenvalue weighted by molar-refractivity contribution is 6.01. The SMILES string of the molecule is CO[C-]1C=CC(=C=C2C=CC(=[O+]C)C=C2)C=C1. The minimum atomic E-state index is 0.852. The van der Waals surface area contributed by atoms with Gasteiger partial charge < -0.3 is 4.74 Å². The number of rotatable bonds is 1. The first kappa shape index (κ1) is 11.5. The third-order valence-corrected chi connectivity index (χ3v) is 2.47. The van der Waals surface area contributed by atoms with Gasteiger partial charge in [0, 0.05) is 24.8 Å². The Morgan fingerprint density at radius 1 is 1.00 bits per heavy atom. The Balaban J connectivity index is 2.22. The van der Waals surface area contributed by atoms with Crippen LogP contribution in [-0.4, -0.2) is 20.0 Å². The summed E-state index contributed by atoms with van der Waals surface area (Å²) in [6.45, 7) is 0. The number of methoxy groups -OCH3 is 1. The van der Waals surface area contributed by atoms with Crippen molar-refractivity contribution in [1.82, 2.24) is 0 Å². The van der Waals surface area contributed by atoms with Gasteiger partial charge in [-0.15, -0.1) is 17.9 Å². The molecule has 0 radical (unpaired) electrons. The van der Waals surface area contributed by atoms with E-state index in [9.17, 15) is 0 Å². The molecule has 0 fully saturated rings. The molecule has 2 heteroatoms. The van der Waals surface area contributed by atoms with Crippen LogP contribution >= 0.6 is 0 Å². The van der Waals surface area contributed by atoms with Crippen molar-refractivity contribution in [2.75, 3.05) is 14.2 Å². The van der Waals surface area contributed by atoms with E-state index >= 15 is 0 Å². The summed E-state index contributed by atoms with van der Waals surface area (Å²) in [6.07, 6.45) is 16.4. The summed E-state index contributed by atoms with van der Waals surface area (Å²) in [5, 5.41) is 0. The minimum absolute atomic E-state index is 0.852. The second-order valence-electron chi connectivity index (χ2n) is 3.58. The van der Waals surface area contributed by atoms with Gasteiger partial charge in [-0.25, -0.2) is 0 Å². The Hall–Kier alpha value is -2.02. The van der Waals surface area contributed by atoms with Crippen molar-refractivity contribution < 1.29 is 9.16 Å². The fourth-order valence-corrected chi connectivity index (χ4v) is 1.52. The zero-order valence-electron chi connectivity index (χ0n) is 9.94. The van der Waals surface area contributed by atoms with E-state index in [-0.39, 0.29) is 0 Å². The maximum Gasteiger partial charge on any atom is 0.343 e. The Labute approximate surface area is 101 Å². The van der Waals surface area contributed by atoms with Crippen LogP contribution in [0.4, 0.5) is 0 Å². The molecule has 0 unspecified atom stereocenters. The number of hydrogen-bond acceptors (Lipinski definition) is 1. The van der Waals surface area contributed by atoms with Crippen molar-refractivity contribution in [1.29, 1.82) is 0 Å². The van der Waals surface area contributed by atoms with Gasteiger partial charge in [0.2, 0.25) is 0 Å². The molecule has 0 bridgehead atoms. The summed E-state index contributed by atoms with van der Waals surface area (Å²) < 4.78 is 10.2. The second kappa shape index (κ2) is 5.35. The molecule has 2 aliphatic rings. The third kappa shape index (κ3) is 2.97. The van der Waals surface area contributed by atoms with Crippen molar-refractivity contribution in [3.8, 4) is 0 Å². The summed E-state index contributed by atoms with van der Waals surface area (Å²) in [5.41, 5.74) is 5.34. The first-order valence-electron chi connectivity index (χ1n) is 5.37. The molecule has 0 aliphatic heterocycles. The normalized spacial score (nSPS) is 17.8. The number of ketones is 1. The number of allylic oxidation sites excluding steroid dienone is 7. The van der Waals surface area contributed by atoms with Crippen molar-refractivity contribution in [2.24, 2.45) is 0 Å². The van der Waals surface area contributed by atoms with Gasteiger partial charge in [0.1, 0.15) is 0 Å². The first-order chi connectivity index (χ1) is 8.31. The number of carbonyl (C=O) groups excluding carboxylic acids is 1. The topological polar surface area (TPSA) is 20.5 Å². The summed E-state index contributed by atoms with van der Waals surface area (Å²) >= 11 is 0. The third-order valence-electron chi connectivity index (χ3n) is 2.47. The van der Waals surface area contributed by atoms with Crippen LogP contribution < -0.4 is 0 Å².